The minimum atomic E-state index is 0.586. The maximum absolute atomic E-state index is 5.79. The lowest BCUT2D eigenvalue weighted by Gasteiger charge is -2.30. The molecule has 0 spiro atoms. The minimum absolute atomic E-state index is 0.586. The van der Waals surface area contributed by atoms with Crippen LogP contribution in [0.2, 0.25) is 0 Å². The predicted molar refractivity (Wildman–Crippen MR) is 68.0 cm³/mol. The van der Waals surface area contributed by atoms with Gasteiger partial charge in [-0.2, -0.15) is 0 Å². The van der Waals surface area contributed by atoms with E-state index in [1.807, 2.05) is 0 Å². The summed E-state index contributed by atoms with van der Waals surface area (Å²) in [4.78, 5) is 0. The Morgan fingerprint density at radius 1 is 1.53 bits per heavy atom. The number of aryl methyl sites for hydroxylation is 1. The van der Waals surface area contributed by atoms with Crippen LogP contribution in [0.5, 0.6) is 0 Å². The number of nitrogens with two attached hydrogens (primary N) is 1. The number of hydrogen-bond donors (Lipinski definition) is 1. The third-order valence-electron chi connectivity index (χ3n) is 3.53. The van der Waals surface area contributed by atoms with Crippen LogP contribution in [0, 0.1) is 5.92 Å². The second kappa shape index (κ2) is 4.67. The van der Waals surface area contributed by atoms with Gasteiger partial charge in [0.2, 0.25) is 0 Å². The van der Waals surface area contributed by atoms with Crippen molar-refractivity contribution < 1.29 is 0 Å². The van der Waals surface area contributed by atoms with E-state index in [9.17, 15) is 0 Å². The third-order valence-corrected chi connectivity index (χ3v) is 4.23. The van der Waals surface area contributed by atoms with Gasteiger partial charge in [0.25, 0.3) is 0 Å². The maximum Gasteiger partial charge on any atom is 0.0212 e. The maximum atomic E-state index is 5.79. The first-order valence-electron chi connectivity index (χ1n) is 5.71. The molecule has 2 atom stereocenters. The number of hydrogen-bond acceptors (Lipinski definition) is 1. The van der Waals surface area contributed by atoms with Gasteiger partial charge in [0.05, 0.1) is 0 Å². The SMILES string of the molecule is CC(CN)C1CCCc2cccc(Br)c21. The molecular formula is C13H18BrN. The molecular weight excluding hydrogens is 250 g/mol. The summed E-state index contributed by atoms with van der Waals surface area (Å²) in [5, 5.41) is 0. The van der Waals surface area contributed by atoms with E-state index in [2.05, 4.69) is 41.1 Å². The highest BCUT2D eigenvalue weighted by molar-refractivity contribution is 9.10. The first-order valence-corrected chi connectivity index (χ1v) is 6.50. The summed E-state index contributed by atoms with van der Waals surface area (Å²) in [6, 6.07) is 6.55. The first kappa shape index (κ1) is 11.2. The predicted octanol–water partition coefficient (Wildman–Crippen LogP) is 3.46. The van der Waals surface area contributed by atoms with Crippen molar-refractivity contribution >= 4 is 15.9 Å². The molecule has 0 aliphatic heterocycles. The molecule has 1 aromatic rings. The summed E-state index contributed by atoms with van der Waals surface area (Å²) in [5.74, 6) is 1.23. The molecule has 82 valence electrons. The van der Waals surface area contributed by atoms with E-state index >= 15 is 0 Å². The monoisotopic (exact) mass is 267 g/mol. The first-order chi connectivity index (χ1) is 7.24. The Hall–Kier alpha value is -0.340. The van der Waals surface area contributed by atoms with Crippen LogP contribution >= 0.6 is 15.9 Å². The summed E-state index contributed by atoms with van der Waals surface area (Å²) in [5.41, 5.74) is 8.82. The Labute approximate surface area is 100 Å². The van der Waals surface area contributed by atoms with Gasteiger partial charge in [-0.05, 0) is 54.8 Å². The number of halogens is 1. The topological polar surface area (TPSA) is 26.0 Å². The van der Waals surface area contributed by atoms with Crippen LogP contribution < -0.4 is 5.73 Å². The van der Waals surface area contributed by atoms with Crippen LogP contribution in [0.4, 0.5) is 0 Å². The normalized spacial score (nSPS) is 22.2. The molecule has 0 amide bonds. The van der Waals surface area contributed by atoms with Crippen LogP contribution in [-0.4, -0.2) is 6.54 Å². The second-order valence-corrected chi connectivity index (χ2v) is 5.38. The number of rotatable bonds is 2. The van der Waals surface area contributed by atoms with Crippen LogP contribution in [0.1, 0.15) is 36.8 Å². The van der Waals surface area contributed by atoms with Crippen LogP contribution in [-0.2, 0) is 6.42 Å². The molecule has 1 aliphatic rings. The largest absolute Gasteiger partial charge is 0.330 e. The summed E-state index contributed by atoms with van der Waals surface area (Å²) in [6.07, 6.45) is 3.81. The van der Waals surface area contributed by atoms with Gasteiger partial charge >= 0.3 is 0 Å². The fraction of sp³-hybridized carbons (Fsp3) is 0.538. The zero-order valence-corrected chi connectivity index (χ0v) is 10.8. The molecule has 0 fully saturated rings. The van der Waals surface area contributed by atoms with Crippen LogP contribution in [0.15, 0.2) is 22.7 Å². The van der Waals surface area contributed by atoms with E-state index in [-0.39, 0.29) is 0 Å². The molecule has 2 N–H and O–H groups in total. The molecule has 1 nitrogen and oxygen atoms in total. The second-order valence-electron chi connectivity index (χ2n) is 4.52. The van der Waals surface area contributed by atoms with Crippen molar-refractivity contribution in [2.45, 2.75) is 32.1 Å². The van der Waals surface area contributed by atoms with Crippen molar-refractivity contribution in [2.24, 2.45) is 11.7 Å². The lowest BCUT2D eigenvalue weighted by Crippen LogP contribution is -2.23. The van der Waals surface area contributed by atoms with E-state index in [0.29, 0.717) is 11.8 Å². The molecule has 1 aromatic carbocycles. The molecule has 0 saturated carbocycles. The van der Waals surface area contributed by atoms with E-state index in [1.54, 1.807) is 0 Å². The van der Waals surface area contributed by atoms with Crippen LogP contribution in [0.25, 0.3) is 0 Å². The van der Waals surface area contributed by atoms with Crippen molar-refractivity contribution in [3.8, 4) is 0 Å². The Morgan fingerprint density at radius 2 is 2.33 bits per heavy atom. The van der Waals surface area contributed by atoms with Crippen molar-refractivity contribution in [3.63, 3.8) is 0 Å². The summed E-state index contributed by atoms with van der Waals surface area (Å²) < 4.78 is 1.27. The Morgan fingerprint density at radius 3 is 3.07 bits per heavy atom. The molecule has 0 saturated heterocycles. The van der Waals surface area contributed by atoms with Crippen molar-refractivity contribution in [1.29, 1.82) is 0 Å². The third kappa shape index (κ3) is 2.11. The summed E-state index contributed by atoms with van der Waals surface area (Å²) in [7, 11) is 0. The average molecular weight is 268 g/mol. The zero-order valence-electron chi connectivity index (χ0n) is 9.17. The Bertz CT molecular complexity index is 348. The van der Waals surface area contributed by atoms with Crippen molar-refractivity contribution in [1.82, 2.24) is 0 Å². The fourth-order valence-electron chi connectivity index (χ4n) is 2.61. The van der Waals surface area contributed by atoms with Gasteiger partial charge in [-0.25, -0.2) is 0 Å². The highest BCUT2D eigenvalue weighted by Crippen LogP contribution is 2.40. The van der Waals surface area contributed by atoms with Gasteiger partial charge in [-0.15, -0.1) is 0 Å². The zero-order chi connectivity index (χ0) is 10.8. The van der Waals surface area contributed by atoms with Gasteiger partial charge < -0.3 is 5.73 Å². The minimum Gasteiger partial charge on any atom is -0.330 e. The lowest BCUT2D eigenvalue weighted by molar-refractivity contribution is 0.412. The molecule has 2 unspecified atom stereocenters. The molecule has 0 heterocycles. The van der Waals surface area contributed by atoms with Gasteiger partial charge in [0.1, 0.15) is 0 Å². The van der Waals surface area contributed by atoms with E-state index in [1.165, 1.54) is 34.9 Å². The lowest BCUT2D eigenvalue weighted by atomic mass is 9.76. The summed E-state index contributed by atoms with van der Waals surface area (Å²) in [6.45, 7) is 3.05. The van der Waals surface area contributed by atoms with Crippen molar-refractivity contribution in [2.75, 3.05) is 6.54 Å². The highest BCUT2D eigenvalue weighted by atomic mass is 79.9. The smallest absolute Gasteiger partial charge is 0.0212 e. The number of fused-ring (bicyclic) bond motifs is 1. The number of benzene rings is 1. The Kier molecular flexibility index (Phi) is 3.47. The fourth-order valence-corrected chi connectivity index (χ4v) is 3.31. The standard InChI is InChI=1S/C13H18BrN/c1-9(8-15)11-6-2-4-10-5-3-7-12(14)13(10)11/h3,5,7,9,11H,2,4,6,8,15H2,1H3. The van der Waals surface area contributed by atoms with Gasteiger partial charge in [0.15, 0.2) is 0 Å². The highest BCUT2D eigenvalue weighted by Gasteiger charge is 2.25. The Balaban J connectivity index is 2.40. The molecule has 15 heavy (non-hydrogen) atoms. The molecule has 2 heteroatoms. The van der Waals surface area contributed by atoms with Gasteiger partial charge in [0, 0.05) is 4.47 Å². The quantitative estimate of drug-likeness (QED) is 0.873. The average Bonchev–Trinajstić information content (AvgIpc) is 2.28. The van der Waals surface area contributed by atoms with Gasteiger partial charge in [-0.3, -0.25) is 0 Å². The molecule has 1 aliphatic carbocycles. The molecule has 0 aromatic heterocycles. The molecule has 0 bridgehead atoms. The van der Waals surface area contributed by atoms with Crippen molar-refractivity contribution in [3.05, 3.63) is 33.8 Å². The summed E-state index contributed by atoms with van der Waals surface area (Å²) >= 11 is 3.68. The van der Waals surface area contributed by atoms with Crippen LogP contribution in [0.3, 0.4) is 0 Å². The molecule has 0 radical (unpaired) electrons. The van der Waals surface area contributed by atoms with E-state index in [0.717, 1.165) is 6.54 Å². The van der Waals surface area contributed by atoms with E-state index < -0.39 is 0 Å². The van der Waals surface area contributed by atoms with E-state index in [4.69, 9.17) is 5.73 Å². The van der Waals surface area contributed by atoms with Gasteiger partial charge in [-0.1, -0.05) is 35.0 Å². The molecule has 2 rings (SSSR count).